The third kappa shape index (κ3) is 4.80. The van der Waals surface area contributed by atoms with E-state index in [0.717, 1.165) is 24.4 Å². The number of aliphatic carboxylic acids is 1. The predicted molar refractivity (Wildman–Crippen MR) is 62.3 cm³/mol. The van der Waals surface area contributed by atoms with Crippen LogP contribution in [-0.4, -0.2) is 23.7 Å². The van der Waals surface area contributed by atoms with Gasteiger partial charge in [-0.1, -0.05) is 0 Å². The number of carbonyl (C=O) groups is 1. The van der Waals surface area contributed by atoms with Crippen LogP contribution in [0, 0.1) is 0 Å². The molecule has 1 heterocycles. The quantitative estimate of drug-likeness (QED) is 0.621. The van der Waals surface area contributed by atoms with Crippen molar-refractivity contribution in [1.82, 2.24) is 0 Å². The molecule has 4 nitrogen and oxygen atoms in total. The minimum absolute atomic E-state index is 0.543. The van der Waals surface area contributed by atoms with E-state index in [1.54, 1.807) is 11.3 Å². The molecule has 0 bridgehead atoms. The number of nitrogens with one attached hydrogen (secondary N) is 1. The van der Waals surface area contributed by atoms with Gasteiger partial charge in [-0.25, -0.2) is 0 Å². The molecule has 1 aromatic heterocycles. The fourth-order valence-electron chi connectivity index (χ4n) is 1.20. The maximum Gasteiger partial charge on any atom is 0.320 e. The second-order valence-electron chi connectivity index (χ2n) is 3.34. The maximum atomic E-state index is 10.4. The van der Waals surface area contributed by atoms with Gasteiger partial charge >= 0.3 is 5.97 Å². The van der Waals surface area contributed by atoms with Crippen LogP contribution in [0.4, 0.5) is 5.00 Å². The number of hydrogen-bond donors (Lipinski definition) is 3. The lowest BCUT2D eigenvalue weighted by atomic mass is 10.1. The molecule has 15 heavy (non-hydrogen) atoms. The van der Waals surface area contributed by atoms with Crippen molar-refractivity contribution in [3.8, 4) is 0 Å². The van der Waals surface area contributed by atoms with Gasteiger partial charge in [0.2, 0.25) is 0 Å². The zero-order valence-corrected chi connectivity index (χ0v) is 9.30. The molecule has 84 valence electrons. The molecule has 0 saturated heterocycles. The molecule has 5 heteroatoms. The fourth-order valence-corrected chi connectivity index (χ4v) is 1.85. The van der Waals surface area contributed by atoms with Crippen LogP contribution in [0.1, 0.15) is 19.3 Å². The normalized spacial score (nSPS) is 12.3. The van der Waals surface area contributed by atoms with Crippen molar-refractivity contribution in [3.63, 3.8) is 0 Å². The summed E-state index contributed by atoms with van der Waals surface area (Å²) in [4.78, 5) is 10.4. The van der Waals surface area contributed by atoms with Crippen molar-refractivity contribution in [2.75, 3.05) is 11.9 Å². The molecule has 4 N–H and O–H groups in total. The Hall–Kier alpha value is -1.07. The van der Waals surface area contributed by atoms with E-state index in [-0.39, 0.29) is 0 Å². The summed E-state index contributed by atoms with van der Waals surface area (Å²) in [5.74, 6) is -0.916. The molecule has 1 aromatic rings. The summed E-state index contributed by atoms with van der Waals surface area (Å²) in [5.41, 5.74) is 5.38. The van der Waals surface area contributed by atoms with Gasteiger partial charge in [0, 0.05) is 6.54 Å². The monoisotopic (exact) mass is 228 g/mol. The van der Waals surface area contributed by atoms with Gasteiger partial charge < -0.3 is 16.2 Å². The van der Waals surface area contributed by atoms with Gasteiger partial charge in [-0.2, -0.15) is 0 Å². The average molecular weight is 228 g/mol. The van der Waals surface area contributed by atoms with Crippen LogP contribution in [0.5, 0.6) is 0 Å². The van der Waals surface area contributed by atoms with Crippen molar-refractivity contribution in [1.29, 1.82) is 0 Å². The van der Waals surface area contributed by atoms with E-state index < -0.39 is 12.0 Å². The number of carboxylic acid groups (broad SMARTS) is 1. The first kappa shape index (κ1) is 12.0. The first-order valence-electron chi connectivity index (χ1n) is 4.96. The smallest absolute Gasteiger partial charge is 0.320 e. The van der Waals surface area contributed by atoms with Crippen LogP contribution >= 0.6 is 11.3 Å². The Morgan fingerprint density at radius 3 is 3.00 bits per heavy atom. The molecule has 0 aromatic carbocycles. The topological polar surface area (TPSA) is 75.3 Å². The Kier molecular flexibility index (Phi) is 5.14. The third-order valence-electron chi connectivity index (χ3n) is 2.08. The summed E-state index contributed by atoms with van der Waals surface area (Å²) in [7, 11) is 0. The van der Waals surface area contributed by atoms with Crippen LogP contribution in [0.25, 0.3) is 0 Å². The van der Waals surface area contributed by atoms with Crippen molar-refractivity contribution in [2.24, 2.45) is 5.73 Å². The highest BCUT2D eigenvalue weighted by Crippen LogP contribution is 2.14. The predicted octanol–water partition coefficient (Wildman–Crippen LogP) is 1.74. The highest BCUT2D eigenvalue weighted by molar-refractivity contribution is 7.14. The minimum atomic E-state index is -0.916. The van der Waals surface area contributed by atoms with E-state index in [0.29, 0.717) is 6.42 Å². The molecular weight excluding hydrogens is 212 g/mol. The van der Waals surface area contributed by atoms with Crippen molar-refractivity contribution >= 4 is 22.3 Å². The molecule has 0 saturated carbocycles. The first-order chi connectivity index (χ1) is 7.20. The molecule has 0 radical (unpaired) electrons. The number of anilines is 1. The molecule has 1 atom stereocenters. The maximum absolute atomic E-state index is 10.4. The molecule has 0 amide bonds. The van der Waals surface area contributed by atoms with E-state index in [9.17, 15) is 4.79 Å². The molecule has 0 unspecified atom stereocenters. The standard InChI is InChI=1S/C10H16N2O2S/c11-8(10(13)14)4-1-2-6-12-9-5-3-7-15-9/h3,5,7-8,12H,1-2,4,6,11H2,(H,13,14)/t8-/m0/s1. The summed E-state index contributed by atoms with van der Waals surface area (Å²) in [6.45, 7) is 0.868. The Bertz CT molecular complexity index is 288. The second kappa shape index (κ2) is 6.42. The number of nitrogens with two attached hydrogens (primary N) is 1. The van der Waals surface area contributed by atoms with Gasteiger partial charge in [-0.05, 0) is 36.8 Å². The summed E-state index contributed by atoms with van der Waals surface area (Å²) in [6, 6.07) is 3.30. The van der Waals surface area contributed by atoms with Gasteiger partial charge in [-0.3, -0.25) is 4.79 Å². The second-order valence-corrected chi connectivity index (χ2v) is 4.29. The number of thiophene rings is 1. The highest BCUT2D eigenvalue weighted by atomic mass is 32.1. The Morgan fingerprint density at radius 1 is 1.60 bits per heavy atom. The molecule has 0 spiro atoms. The zero-order valence-electron chi connectivity index (χ0n) is 8.48. The van der Waals surface area contributed by atoms with Crippen molar-refractivity contribution in [2.45, 2.75) is 25.3 Å². The molecule has 0 aliphatic rings. The average Bonchev–Trinajstić information content (AvgIpc) is 2.69. The third-order valence-corrected chi connectivity index (χ3v) is 2.91. The van der Waals surface area contributed by atoms with E-state index >= 15 is 0 Å². The molecule has 0 aliphatic heterocycles. The molecule has 0 fully saturated rings. The van der Waals surface area contributed by atoms with Crippen molar-refractivity contribution < 1.29 is 9.90 Å². The van der Waals surface area contributed by atoms with E-state index in [4.69, 9.17) is 10.8 Å². The van der Waals surface area contributed by atoms with E-state index in [1.807, 2.05) is 17.5 Å². The number of hydrogen-bond acceptors (Lipinski definition) is 4. The molecule has 0 aliphatic carbocycles. The first-order valence-corrected chi connectivity index (χ1v) is 5.84. The van der Waals surface area contributed by atoms with E-state index in [1.165, 1.54) is 0 Å². The highest BCUT2D eigenvalue weighted by Gasteiger charge is 2.09. The van der Waals surface area contributed by atoms with Crippen LogP contribution < -0.4 is 11.1 Å². The SMILES string of the molecule is N[C@@H](CCCCNc1cccs1)C(=O)O. The lowest BCUT2D eigenvalue weighted by Crippen LogP contribution is -2.29. The summed E-state index contributed by atoms with van der Waals surface area (Å²) >= 11 is 1.66. The van der Waals surface area contributed by atoms with Crippen LogP contribution in [0.15, 0.2) is 17.5 Å². The largest absolute Gasteiger partial charge is 0.480 e. The Morgan fingerprint density at radius 2 is 2.40 bits per heavy atom. The van der Waals surface area contributed by atoms with Gasteiger partial charge in [0.1, 0.15) is 6.04 Å². The number of carboxylic acids is 1. The van der Waals surface area contributed by atoms with Crippen LogP contribution in [0.3, 0.4) is 0 Å². The van der Waals surface area contributed by atoms with Gasteiger partial charge in [-0.15, -0.1) is 11.3 Å². The summed E-state index contributed by atoms with van der Waals surface area (Å²) in [5, 5.41) is 15.0. The molecular formula is C10H16N2O2S. The van der Waals surface area contributed by atoms with Gasteiger partial charge in [0.25, 0.3) is 0 Å². The van der Waals surface area contributed by atoms with Crippen LogP contribution in [-0.2, 0) is 4.79 Å². The number of unbranched alkanes of at least 4 members (excludes halogenated alkanes) is 1. The van der Waals surface area contributed by atoms with Crippen LogP contribution in [0.2, 0.25) is 0 Å². The molecule has 1 rings (SSSR count). The zero-order chi connectivity index (χ0) is 11.1. The van der Waals surface area contributed by atoms with Gasteiger partial charge in [0.05, 0.1) is 5.00 Å². The van der Waals surface area contributed by atoms with Gasteiger partial charge in [0.15, 0.2) is 0 Å². The lowest BCUT2D eigenvalue weighted by molar-refractivity contribution is -0.138. The summed E-state index contributed by atoms with van der Waals surface area (Å²) in [6.07, 6.45) is 2.33. The summed E-state index contributed by atoms with van der Waals surface area (Å²) < 4.78 is 0. The van der Waals surface area contributed by atoms with Crippen molar-refractivity contribution in [3.05, 3.63) is 17.5 Å². The van der Waals surface area contributed by atoms with E-state index in [2.05, 4.69) is 5.32 Å². The Labute approximate surface area is 93.1 Å². The number of rotatable bonds is 7. The minimum Gasteiger partial charge on any atom is -0.480 e. The lowest BCUT2D eigenvalue weighted by Gasteiger charge is -2.06. The fraction of sp³-hybridized carbons (Fsp3) is 0.500. The Balaban J connectivity index is 2.00.